The van der Waals surface area contributed by atoms with Crippen LogP contribution in [0.2, 0.25) is 0 Å². The van der Waals surface area contributed by atoms with Gasteiger partial charge >= 0.3 is 0 Å². The lowest BCUT2D eigenvalue weighted by atomic mass is 9.76. The molecule has 7 rings (SSSR count). The van der Waals surface area contributed by atoms with E-state index in [1.165, 1.54) is 0 Å². The van der Waals surface area contributed by atoms with Crippen molar-refractivity contribution in [3.8, 4) is 0 Å². The fourth-order valence-corrected chi connectivity index (χ4v) is 5.92. The molecule has 0 fully saturated rings. The highest BCUT2D eigenvalue weighted by Crippen LogP contribution is 2.45. The molecule has 1 aliphatic heterocycles. The van der Waals surface area contributed by atoms with Gasteiger partial charge in [-0.25, -0.2) is 4.98 Å². The third-order valence-corrected chi connectivity index (χ3v) is 7.64. The van der Waals surface area contributed by atoms with E-state index in [4.69, 9.17) is 9.97 Å². The van der Waals surface area contributed by atoms with Gasteiger partial charge in [0.1, 0.15) is 11.1 Å². The summed E-state index contributed by atoms with van der Waals surface area (Å²) in [5.41, 5.74) is 7.24. The third kappa shape index (κ3) is 3.52. The lowest BCUT2D eigenvalue weighted by Gasteiger charge is -2.38. The van der Waals surface area contributed by atoms with Crippen molar-refractivity contribution in [1.82, 2.24) is 14.5 Å². The van der Waals surface area contributed by atoms with Crippen LogP contribution in [0.25, 0.3) is 11.2 Å². The molecule has 5 nitrogen and oxygen atoms in total. The van der Waals surface area contributed by atoms with E-state index in [9.17, 15) is 4.79 Å². The summed E-state index contributed by atoms with van der Waals surface area (Å²) < 4.78 is 2.21. The molecule has 0 atom stereocenters. The van der Waals surface area contributed by atoms with Gasteiger partial charge in [-0.3, -0.25) is 9.78 Å². The highest BCUT2D eigenvalue weighted by atomic mass is 16.2. The molecule has 6 aromatic rings. The molecule has 1 amide bonds. The Morgan fingerprint density at radius 1 is 0.718 bits per heavy atom. The molecule has 2 aromatic heterocycles. The first-order valence-electron chi connectivity index (χ1n) is 13.1. The van der Waals surface area contributed by atoms with E-state index in [2.05, 4.69) is 83.6 Å². The lowest BCUT2D eigenvalue weighted by Crippen LogP contribution is -2.37. The SMILES string of the molecule is Bc1cnc2c(n1)c(N1Cc3ccccc3C1=O)cn2C(c1ccccc1)(c1ccccc1)c1ccccc1. The number of carbonyl (C=O) groups is 1. The molecule has 0 spiro atoms. The van der Waals surface area contributed by atoms with E-state index >= 15 is 0 Å². The van der Waals surface area contributed by atoms with Crippen LogP contribution in [0.15, 0.2) is 128 Å². The lowest BCUT2D eigenvalue weighted by molar-refractivity contribution is 0.0996. The van der Waals surface area contributed by atoms with Gasteiger partial charge in [0.25, 0.3) is 5.91 Å². The number of hydrogen-bond acceptors (Lipinski definition) is 3. The minimum absolute atomic E-state index is 0.0160. The van der Waals surface area contributed by atoms with Crippen LogP contribution in [0, 0.1) is 0 Å². The molecule has 4 aromatic carbocycles. The summed E-state index contributed by atoms with van der Waals surface area (Å²) in [5.74, 6) is -0.0160. The summed E-state index contributed by atoms with van der Waals surface area (Å²) in [5, 5.41) is 0. The Bertz CT molecular complexity index is 1720. The van der Waals surface area contributed by atoms with Crippen molar-refractivity contribution in [3.05, 3.63) is 155 Å². The summed E-state index contributed by atoms with van der Waals surface area (Å²) in [6.07, 6.45) is 3.87. The van der Waals surface area contributed by atoms with Gasteiger partial charge in [-0.05, 0) is 28.3 Å². The van der Waals surface area contributed by atoms with Gasteiger partial charge in [-0.2, -0.15) is 0 Å². The van der Waals surface area contributed by atoms with Crippen molar-refractivity contribution in [1.29, 1.82) is 0 Å². The maximum absolute atomic E-state index is 13.7. The van der Waals surface area contributed by atoms with Crippen molar-refractivity contribution in [2.24, 2.45) is 0 Å². The van der Waals surface area contributed by atoms with Crippen molar-refractivity contribution in [2.45, 2.75) is 12.1 Å². The first-order chi connectivity index (χ1) is 19.2. The summed E-state index contributed by atoms with van der Waals surface area (Å²) in [7, 11) is 1.94. The van der Waals surface area contributed by atoms with Gasteiger partial charge in [-0.1, -0.05) is 109 Å². The molecule has 0 saturated carbocycles. The number of amides is 1. The molecule has 0 aliphatic carbocycles. The Hall–Kier alpha value is -4.97. The number of anilines is 1. The van der Waals surface area contributed by atoms with Crippen molar-refractivity contribution in [2.75, 3.05) is 4.90 Å². The quantitative estimate of drug-likeness (QED) is 0.253. The zero-order chi connectivity index (χ0) is 26.4. The Morgan fingerprint density at radius 2 is 1.26 bits per heavy atom. The first-order valence-corrected chi connectivity index (χ1v) is 13.1. The van der Waals surface area contributed by atoms with E-state index in [1.54, 1.807) is 6.20 Å². The van der Waals surface area contributed by atoms with Gasteiger partial charge in [0.05, 0.1) is 12.2 Å². The second-order valence-corrected chi connectivity index (χ2v) is 9.92. The third-order valence-electron chi connectivity index (χ3n) is 7.64. The van der Waals surface area contributed by atoms with Crippen molar-refractivity contribution in [3.63, 3.8) is 0 Å². The van der Waals surface area contributed by atoms with E-state index in [0.29, 0.717) is 12.1 Å². The molecule has 3 heterocycles. The number of rotatable bonds is 5. The largest absolute Gasteiger partial charge is 0.310 e. The van der Waals surface area contributed by atoms with E-state index in [-0.39, 0.29) is 5.91 Å². The second-order valence-electron chi connectivity index (χ2n) is 9.92. The molecular weight excluding hydrogens is 479 g/mol. The summed E-state index contributed by atoms with van der Waals surface area (Å²) >= 11 is 0. The Morgan fingerprint density at radius 3 is 1.82 bits per heavy atom. The Labute approximate surface area is 227 Å². The number of nitrogens with zero attached hydrogens (tertiary/aromatic N) is 4. The van der Waals surface area contributed by atoms with Crippen LogP contribution in [0.1, 0.15) is 32.6 Å². The van der Waals surface area contributed by atoms with E-state index in [1.807, 2.05) is 55.2 Å². The van der Waals surface area contributed by atoms with Crippen LogP contribution in [0.4, 0.5) is 5.69 Å². The number of fused-ring (bicyclic) bond motifs is 2. The number of carbonyl (C=O) groups excluding carboxylic acids is 1. The standard InChI is InChI=1S/C33H25BN4O/c34-29-20-35-31-30(36-29)28(37-21-23-12-10-11-19-27(23)32(37)39)22-38(31)33(24-13-4-1-5-14-24,25-15-6-2-7-16-25)26-17-8-3-9-18-26/h1-20,22H,21,34H2. The molecule has 1 aliphatic rings. The van der Waals surface area contributed by atoms with Crippen molar-refractivity contribution < 1.29 is 4.79 Å². The molecule has 0 bridgehead atoms. The maximum Gasteiger partial charge on any atom is 0.259 e. The molecule has 6 heteroatoms. The highest BCUT2D eigenvalue weighted by molar-refractivity contribution is 6.31. The van der Waals surface area contributed by atoms with E-state index < -0.39 is 5.54 Å². The molecule has 186 valence electrons. The molecular formula is C33H25BN4O. The van der Waals surface area contributed by atoms with Crippen LogP contribution in [0.5, 0.6) is 0 Å². The fraction of sp³-hybridized carbons (Fsp3) is 0.0606. The number of aromatic nitrogens is 3. The fourth-order valence-electron chi connectivity index (χ4n) is 5.92. The van der Waals surface area contributed by atoms with Crippen LogP contribution >= 0.6 is 0 Å². The van der Waals surface area contributed by atoms with Gasteiger partial charge in [0.15, 0.2) is 13.5 Å². The predicted octanol–water partition coefficient (Wildman–Crippen LogP) is 4.69. The highest BCUT2D eigenvalue weighted by Gasteiger charge is 2.41. The van der Waals surface area contributed by atoms with E-state index in [0.717, 1.165) is 44.7 Å². The average Bonchev–Trinajstić information content (AvgIpc) is 3.53. The number of hydrogen-bond donors (Lipinski definition) is 0. The maximum atomic E-state index is 13.7. The molecule has 0 radical (unpaired) electrons. The van der Waals surface area contributed by atoms with Gasteiger partial charge in [0, 0.05) is 23.6 Å². The zero-order valence-corrected chi connectivity index (χ0v) is 21.5. The normalized spacial score (nSPS) is 13.1. The topological polar surface area (TPSA) is 51.0 Å². The van der Waals surface area contributed by atoms with Crippen LogP contribution in [0.3, 0.4) is 0 Å². The van der Waals surface area contributed by atoms with Crippen LogP contribution in [-0.4, -0.2) is 28.3 Å². The minimum Gasteiger partial charge on any atom is -0.310 e. The number of benzene rings is 4. The second kappa shape index (κ2) is 9.10. The summed E-state index contributed by atoms with van der Waals surface area (Å²) in [6, 6.07) is 39.3. The monoisotopic (exact) mass is 504 g/mol. The predicted molar refractivity (Wildman–Crippen MR) is 157 cm³/mol. The Kier molecular flexibility index (Phi) is 5.41. The van der Waals surface area contributed by atoms with Gasteiger partial charge in [-0.15, -0.1) is 0 Å². The smallest absolute Gasteiger partial charge is 0.259 e. The Balaban J connectivity index is 1.58. The minimum atomic E-state index is -0.764. The average molecular weight is 504 g/mol. The van der Waals surface area contributed by atoms with Crippen LogP contribution in [-0.2, 0) is 12.1 Å². The molecule has 39 heavy (non-hydrogen) atoms. The molecule has 0 unspecified atom stereocenters. The van der Waals surface area contributed by atoms with Gasteiger partial charge in [0.2, 0.25) is 0 Å². The zero-order valence-electron chi connectivity index (χ0n) is 21.5. The first kappa shape index (κ1) is 23.2. The van der Waals surface area contributed by atoms with Crippen molar-refractivity contribution >= 4 is 36.2 Å². The van der Waals surface area contributed by atoms with Crippen LogP contribution < -0.4 is 10.5 Å². The van der Waals surface area contributed by atoms with Gasteiger partial charge < -0.3 is 9.47 Å². The molecule has 0 N–H and O–H groups in total. The molecule has 0 saturated heterocycles. The summed E-state index contributed by atoms with van der Waals surface area (Å²) in [6.45, 7) is 0.499. The summed E-state index contributed by atoms with van der Waals surface area (Å²) in [4.78, 5) is 25.4.